The first-order chi connectivity index (χ1) is 11.2. The van der Waals surface area contributed by atoms with E-state index >= 15 is 0 Å². The molecule has 1 aromatic heterocycles. The van der Waals surface area contributed by atoms with Gasteiger partial charge in [-0.25, -0.2) is 4.68 Å². The summed E-state index contributed by atoms with van der Waals surface area (Å²) in [6.45, 7) is 4.03. The van der Waals surface area contributed by atoms with Crippen LogP contribution in [0.25, 0.3) is 5.69 Å². The summed E-state index contributed by atoms with van der Waals surface area (Å²) in [6, 6.07) is 9.55. The minimum atomic E-state index is -0.0959. The molecule has 5 heteroatoms. The fourth-order valence-corrected chi connectivity index (χ4v) is 3.04. The summed E-state index contributed by atoms with van der Waals surface area (Å²) in [7, 11) is 0. The second kappa shape index (κ2) is 7.42. The number of benzene rings is 1. The van der Waals surface area contributed by atoms with Gasteiger partial charge in [-0.05, 0) is 57.1 Å². The maximum Gasteiger partial charge on any atom is 0.241 e. The number of hydrogen-bond donors (Lipinski definition) is 1. The number of carbonyl (C=O) groups is 1. The average molecular weight is 312 g/mol. The molecule has 1 unspecified atom stereocenters. The van der Waals surface area contributed by atoms with Crippen LogP contribution >= 0.6 is 0 Å². The van der Waals surface area contributed by atoms with Crippen LogP contribution in [0.4, 0.5) is 5.69 Å². The first kappa shape index (κ1) is 15.7. The Balaban J connectivity index is 1.66. The molecule has 0 bridgehead atoms. The van der Waals surface area contributed by atoms with Crippen LogP contribution in [-0.4, -0.2) is 39.7 Å². The lowest BCUT2D eigenvalue weighted by Gasteiger charge is -2.26. The van der Waals surface area contributed by atoms with E-state index in [1.54, 1.807) is 10.9 Å². The highest BCUT2D eigenvalue weighted by atomic mass is 16.2. The summed E-state index contributed by atoms with van der Waals surface area (Å²) in [4.78, 5) is 14.8. The summed E-state index contributed by atoms with van der Waals surface area (Å²) in [6.07, 6.45) is 8.56. The van der Waals surface area contributed by atoms with E-state index in [1.807, 2.05) is 43.5 Å². The molecule has 1 aromatic carbocycles. The molecule has 1 aliphatic heterocycles. The highest BCUT2D eigenvalue weighted by Gasteiger charge is 2.22. The molecule has 1 fully saturated rings. The van der Waals surface area contributed by atoms with E-state index in [-0.39, 0.29) is 11.9 Å². The number of nitrogens with zero attached hydrogens (tertiary/aromatic N) is 3. The van der Waals surface area contributed by atoms with Crippen LogP contribution in [-0.2, 0) is 4.79 Å². The third-order valence-electron chi connectivity index (χ3n) is 4.45. The number of hydrogen-bond acceptors (Lipinski definition) is 3. The summed E-state index contributed by atoms with van der Waals surface area (Å²) >= 11 is 0. The Labute approximate surface area is 137 Å². The van der Waals surface area contributed by atoms with Crippen molar-refractivity contribution >= 4 is 11.6 Å². The van der Waals surface area contributed by atoms with Gasteiger partial charge in [0.15, 0.2) is 0 Å². The molecule has 5 nitrogen and oxygen atoms in total. The number of carbonyl (C=O) groups excluding carboxylic acids is 1. The minimum Gasteiger partial charge on any atom is -0.325 e. The van der Waals surface area contributed by atoms with E-state index in [0.29, 0.717) is 0 Å². The van der Waals surface area contributed by atoms with Crippen LogP contribution < -0.4 is 5.32 Å². The molecule has 3 rings (SSSR count). The molecular formula is C18H24N4O. The third kappa shape index (κ3) is 3.99. The van der Waals surface area contributed by atoms with Crippen LogP contribution in [0.2, 0.25) is 0 Å². The van der Waals surface area contributed by atoms with Crippen LogP contribution in [0.3, 0.4) is 0 Å². The predicted molar refractivity (Wildman–Crippen MR) is 91.7 cm³/mol. The van der Waals surface area contributed by atoms with Crippen molar-refractivity contribution < 1.29 is 4.79 Å². The van der Waals surface area contributed by atoms with Gasteiger partial charge in [0.05, 0.1) is 11.7 Å². The molecule has 1 atom stereocenters. The monoisotopic (exact) mass is 312 g/mol. The van der Waals surface area contributed by atoms with Crippen LogP contribution in [0.5, 0.6) is 0 Å². The average Bonchev–Trinajstić information content (AvgIpc) is 2.97. The van der Waals surface area contributed by atoms with Crippen molar-refractivity contribution in [1.29, 1.82) is 0 Å². The first-order valence-electron chi connectivity index (χ1n) is 8.39. The van der Waals surface area contributed by atoms with Gasteiger partial charge in [-0.2, -0.15) is 5.10 Å². The highest BCUT2D eigenvalue weighted by Crippen LogP contribution is 2.16. The van der Waals surface area contributed by atoms with E-state index < -0.39 is 0 Å². The summed E-state index contributed by atoms with van der Waals surface area (Å²) in [5.41, 5.74) is 1.75. The molecule has 122 valence electrons. The molecule has 0 spiro atoms. The van der Waals surface area contributed by atoms with E-state index in [0.717, 1.165) is 24.5 Å². The van der Waals surface area contributed by atoms with E-state index in [9.17, 15) is 4.79 Å². The largest absolute Gasteiger partial charge is 0.325 e. The van der Waals surface area contributed by atoms with Gasteiger partial charge in [-0.3, -0.25) is 9.69 Å². The van der Waals surface area contributed by atoms with E-state index in [2.05, 4.69) is 15.3 Å². The second-order valence-corrected chi connectivity index (χ2v) is 6.12. The molecule has 0 saturated carbocycles. The number of rotatable bonds is 4. The van der Waals surface area contributed by atoms with Gasteiger partial charge in [0.2, 0.25) is 5.91 Å². The van der Waals surface area contributed by atoms with Crippen molar-refractivity contribution in [2.45, 2.75) is 38.6 Å². The maximum absolute atomic E-state index is 12.5. The van der Waals surface area contributed by atoms with Gasteiger partial charge in [-0.1, -0.05) is 18.9 Å². The Morgan fingerprint density at radius 1 is 1.17 bits per heavy atom. The van der Waals surface area contributed by atoms with Crippen LogP contribution in [0.1, 0.15) is 32.6 Å². The van der Waals surface area contributed by atoms with Crippen molar-refractivity contribution in [2.24, 2.45) is 0 Å². The van der Waals surface area contributed by atoms with Gasteiger partial charge in [0.25, 0.3) is 0 Å². The van der Waals surface area contributed by atoms with Gasteiger partial charge in [0, 0.05) is 18.1 Å². The van der Waals surface area contributed by atoms with Gasteiger partial charge < -0.3 is 5.32 Å². The zero-order chi connectivity index (χ0) is 16.1. The second-order valence-electron chi connectivity index (χ2n) is 6.12. The van der Waals surface area contributed by atoms with Crippen molar-refractivity contribution in [1.82, 2.24) is 14.7 Å². The Bertz CT molecular complexity index is 630. The van der Waals surface area contributed by atoms with E-state index in [1.165, 1.54) is 25.7 Å². The van der Waals surface area contributed by atoms with Crippen molar-refractivity contribution in [2.75, 3.05) is 18.4 Å². The predicted octanol–water partition coefficient (Wildman–Crippen LogP) is 3.08. The quantitative estimate of drug-likeness (QED) is 0.944. The summed E-state index contributed by atoms with van der Waals surface area (Å²) in [5, 5.41) is 7.26. The zero-order valence-electron chi connectivity index (χ0n) is 13.6. The Kier molecular flexibility index (Phi) is 5.08. The normalized spacial score (nSPS) is 17.4. The molecule has 0 aliphatic carbocycles. The summed E-state index contributed by atoms with van der Waals surface area (Å²) in [5.74, 6) is 0.0597. The Morgan fingerprint density at radius 2 is 1.96 bits per heavy atom. The minimum absolute atomic E-state index is 0.0597. The zero-order valence-corrected chi connectivity index (χ0v) is 13.6. The molecule has 1 N–H and O–H groups in total. The Hall–Kier alpha value is -2.14. The van der Waals surface area contributed by atoms with Gasteiger partial charge in [0.1, 0.15) is 0 Å². The topological polar surface area (TPSA) is 50.2 Å². The summed E-state index contributed by atoms with van der Waals surface area (Å²) < 4.78 is 1.79. The molecule has 2 heterocycles. The lowest BCUT2D eigenvalue weighted by Crippen LogP contribution is -2.42. The standard InChI is InChI=1S/C18H24N4O/c1-15(21-11-4-2-3-5-12-21)18(23)20-16-8-6-9-17(14-16)22-13-7-10-19-22/h6-10,13-15H,2-5,11-12H2,1H3,(H,20,23). The molecule has 2 aromatic rings. The molecule has 1 amide bonds. The van der Waals surface area contributed by atoms with Crippen molar-refractivity contribution in [3.63, 3.8) is 0 Å². The smallest absolute Gasteiger partial charge is 0.241 e. The number of amides is 1. The number of nitrogens with one attached hydrogen (secondary N) is 1. The fourth-order valence-electron chi connectivity index (χ4n) is 3.04. The lowest BCUT2D eigenvalue weighted by atomic mass is 10.2. The van der Waals surface area contributed by atoms with Crippen LogP contribution in [0, 0.1) is 0 Å². The third-order valence-corrected chi connectivity index (χ3v) is 4.45. The van der Waals surface area contributed by atoms with Gasteiger partial charge >= 0.3 is 0 Å². The SMILES string of the molecule is CC(C(=O)Nc1cccc(-n2cccn2)c1)N1CCCCCC1. The molecule has 1 aliphatic rings. The van der Waals surface area contributed by atoms with Gasteiger partial charge in [-0.15, -0.1) is 0 Å². The number of likely N-dealkylation sites (tertiary alicyclic amines) is 1. The molecule has 0 radical (unpaired) electrons. The molecular weight excluding hydrogens is 288 g/mol. The Morgan fingerprint density at radius 3 is 2.65 bits per heavy atom. The number of anilines is 1. The maximum atomic E-state index is 12.5. The molecule has 23 heavy (non-hydrogen) atoms. The lowest BCUT2D eigenvalue weighted by molar-refractivity contribution is -0.120. The molecule has 1 saturated heterocycles. The first-order valence-corrected chi connectivity index (χ1v) is 8.39. The van der Waals surface area contributed by atoms with Crippen molar-refractivity contribution in [3.05, 3.63) is 42.7 Å². The van der Waals surface area contributed by atoms with Crippen molar-refractivity contribution in [3.8, 4) is 5.69 Å². The highest BCUT2D eigenvalue weighted by molar-refractivity contribution is 5.94. The van der Waals surface area contributed by atoms with Crippen LogP contribution in [0.15, 0.2) is 42.7 Å². The fraction of sp³-hybridized carbons (Fsp3) is 0.444. The van der Waals surface area contributed by atoms with E-state index in [4.69, 9.17) is 0 Å². The number of aromatic nitrogens is 2.